The molecule has 0 bridgehead atoms. The van der Waals surface area contributed by atoms with Crippen LogP contribution in [0.5, 0.6) is 11.6 Å². The van der Waals surface area contributed by atoms with Gasteiger partial charge in [0.05, 0.1) is 6.57 Å². The molecule has 0 aliphatic heterocycles. The van der Waals surface area contributed by atoms with E-state index in [1.807, 2.05) is 32.0 Å². The molecule has 232 valence electrons. The second-order valence-corrected chi connectivity index (χ2v) is 12.6. The molecule has 2 heterocycles. The van der Waals surface area contributed by atoms with Gasteiger partial charge in [0.25, 0.3) is 11.6 Å². The number of carbonyl (C=O) groups excluding carboxylic acids is 2. The highest BCUT2D eigenvalue weighted by molar-refractivity contribution is 5.93. The molecule has 2 amide bonds. The number of nitrogens with one attached hydrogen (secondary N) is 2. The molecule has 2 N–H and O–H groups in total. The van der Waals surface area contributed by atoms with Crippen molar-refractivity contribution in [3.05, 3.63) is 46.3 Å². The minimum atomic E-state index is -0.721. The standard InChI is InChI=1S/C33H46N6O4/c1-10-11-12-27(42-26-14-13-19(2)15-23(26)6)30(40)36-32-35-29-25(18-24-21(4)16-20(3)17-22(24)5)28(34-7)31(39(29)37-32)43-33(41)38(8)9/h13-15,20-22,24,27H,10-12,16-18H2,1-6,8-9H3,(H2,35,36,37,40). The number of unbranched alkanes of at least 4 members (excludes halogenated alkanes) is 1. The number of ether oxygens (including phenoxy) is 2. The molecule has 0 saturated heterocycles. The first-order chi connectivity index (χ1) is 20.4. The monoisotopic (exact) mass is 590 g/mol. The Labute approximate surface area is 254 Å². The summed E-state index contributed by atoms with van der Waals surface area (Å²) in [6.07, 6.45) is 3.85. The largest absolute Gasteiger partial charge is 0.480 e. The SMILES string of the molecule is [C-]#[N+]c1c(CC2C(C)CC(C)CC2C)c2nc(NC(=O)C(CCCC)Oc3ccc(C)cc3C)[nH]n2c1OC(=O)N(C)C. The minimum Gasteiger partial charge on any atom is -0.480 e. The molecule has 3 unspecified atom stereocenters. The van der Waals surface area contributed by atoms with E-state index >= 15 is 0 Å². The number of benzene rings is 1. The lowest BCUT2D eigenvalue weighted by molar-refractivity contribution is -0.123. The zero-order chi connectivity index (χ0) is 31.4. The molecule has 1 aliphatic carbocycles. The maximum atomic E-state index is 13.5. The number of carbonyl (C=O) groups is 2. The normalized spacial score (nSPS) is 20.8. The van der Waals surface area contributed by atoms with Crippen LogP contribution in [0.3, 0.4) is 0 Å². The third-order valence-corrected chi connectivity index (χ3v) is 8.67. The first-order valence-electron chi connectivity index (χ1n) is 15.4. The first kappa shape index (κ1) is 31.9. The summed E-state index contributed by atoms with van der Waals surface area (Å²) in [5, 5.41) is 5.97. The highest BCUT2D eigenvalue weighted by Crippen LogP contribution is 2.44. The van der Waals surface area contributed by atoms with Crippen LogP contribution in [-0.4, -0.2) is 51.7 Å². The first-order valence-corrected chi connectivity index (χ1v) is 15.4. The van der Waals surface area contributed by atoms with Crippen LogP contribution in [0, 0.1) is 44.1 Å². The van der Waals surface area contributed by atoms with Gasteiger partial charge < -0.3 is 14.4 Å². The summed E-state index contributed by atoms with van der Waals surface area (Å²) in [4.78, 5) is 36.0. The summed E-state index contributed by atoms with van der Waals surface area (Å²) in [6.45, 7) is 20.9. The van der Waals surface area contributed by atoms with Crippen LogP contribution in [0.2, 0.25) is 0 Å². The quantitative estimate of drug-likeness (QED) is 0.241. The van der Waals surface area contributed by atoms with Gasteiger partial charge in [0.15, 0.2) is 11.8 Å². The number of hydrogen-bond donors (Lipinski definition) is 2. The summed E-state index contributed by atoms with van der Waals surface area (Å²) in [5.74, 6) is 2.56. The van der Waals surface area contributed by atoms with Crippen LogP contribution in [-0.2, 0) is 11.2 Å². The van der Waals surface area contributed by atoms with Gasteiger partial charge in [0.2, 0.25) is 11.8 Å². The molecule has 2 aromatic heterocycles. The lowest BCUT2D eigenvalue weighted by Gasteiger charge is -2.38. The Morgan fingerprint density at radius 1 is 1.21 bits per heavy atom. The van der Waals surface area contributed by atoms with Gasteiger partial charge in [-0.3, -0.25) is 15.2 Å². The van der Waals surface area contributed by atoms with E-state index in [0.717, 1.165) is 42.4 Å². The Balaban J connectivity index is 1.69. The highest BCUT2D eigenvalue weighted by atomic mass is 16.6. The lowest BCUT2D eigenvalue weighted by Crippen LogP contribution is -2.33. The van der Waals surface area contributed by atoms with Gasteiger partial charge in [0.1, 0.15) is 5.75 Å². The van der Waals surface area contributed by atoms with E-state index in [1.54, 1.807) is 14.1 Å². The summed E-state index contributed by atoms with van der Waals surface area (Å²) in [7, 11) is 3.17. The van der Waals surface area contributed by atoms with Crippen molar-refractivity contribution in [1.29, 1.82) is 0 Å². The average molecular weight is 591 g/mol. The van der Waals surface area contributed by atoms with E-state index < -0.39 is 12.2 Å². The van der Waals surface area contributed by atoms with E-state index in [9.17, 15) is 9.59 Å². The maximum Gasteiger partial charge on any atom is 0.414 e. The zero-order valence-corrected chi connectivity index (χ0v) is 26.8. The van der Waals surface area contributed by atoms with Gasteiger partial charge in [0, 0.05) is 19.7 Å². The predicted octanol–water partition coefficient (Wildman–Crippen LogP) is 7.33. The maximum absolute atomic E-state index is 13.5. The second-order valence-electron chi connectivity index (χ2n) is 12.6. The van der Waals surface area contributed by atoms with E-state index in [0.29, 0.717) is 47.9 Å². The molecule has 1 fully saturated rings. The molecule has 0 radical (unpaired) electrons. The summed E-state index contributed by atoms with van der Waals surface area (Å²) < 4.78 is 13.4. The molecule has 1 saturated carbocycles. The number of aromatic nitrogens is 3. The van der Waals surface area contributed by atoms with Crippen LogP contribution in [0.4, 0.5) is 16.4 Å². The minimum absolute atomic E-state index is 0.0743. The van der Waals surface area contributed by atoms with Gasteiger partial charge >= 0.3 is 6.09 Å². The van der Waals surface area contributed by atoms with Gasteiger partial charge in [-0.15, -0.1) is 0 Å². The number of nitrogens with zero attached hydrogens (tertiary/aromatic N) is 4. The molecular weight excluding hydrogens is 544 g/mol. The number of H-pyrrole nitrogens is 1. The third-order valence-electron chi connectivity index (χ3n) is 8.67. The van der Waals surface area contributed by atoms with Crippen molar-refractivity contribution in [2.45, 2.75) is 86.2 Å². The summed E-state index contributed by atoms with van der Waals surface area (Å²) in [5.41, 5.74) is 3.55. The number of hydrogen-bond acceptors (Lipinski definition) is 5. The molecule has 1 aliphatic rings. The molecule has 43 heavy (non-hydrogen) atoms. The summed E-state index contributed by atoms with van der Waals surface area (Å²) >= 11 is 0. The topological polar surface area (TPSA) is 105 Å². The molecular formula is C33H46N6O4. The molecule has 1 aromatic carbocycles. The number of aryl methyl sites for hydroxylation is 2. The Bertz CT molecular complexity index is 1490. The summed E-state index contributed by atoms with van der Waals surface area (Å²) in [6, 6.07) is 5.89. The van der Waals surface area contributed by atoms with E-state index in [-0.39, 0.29) is 23.4 Å². The Kier molecular flexibility index (Phi) is 10.0. The fourth-order valence-electron chi connectivity index (χ4n) is 6.49. The number of rotatable bonds is 10. The smallest absolute Gasteiger partial charge is 0.414 e. The average Bonchev–Trinajstić information content (AvgIpc) is 3.45. The van der Waals surface area contributed by atoms with Crippen molar-refractivity contribution in [1.82, 2.24) is 19.5 Å². The van der Waals surface area contributed by atoms with Crippen LogP contribution in [0.15, 0.2) is 18.2 Å². The van der Waals surface area contributed by atoms with Gasteiger partial charge in [-0.05, 0) is 81.3 Å². The van der Waals surface area contributed by atoms with Crippen molar-refractivity contribution in [2.75, 3.05) is 19.4 Å². The second kappa shape index (κ2) is 13.5. The van der Waals surface area contributed by atoms with Crippen molar-refractivity contribution in [2.24, 2.45) is 23.7 Å². The number of anilines is 1. The van der Waals surface area contributed by atoms with E-state index in [2.05, 4.69) is 43.0 Å². The third kappa shape index (κ3) is 7.15. The Morgan fingerprint density at radius 3 is 2.51 bits per heavy atom. The molecule has 3 atom stereocenters. The van der Waals surface area contributed by atoms with Crippen molar-refractivity contribution < 1.29 is 19.1 Å². The van der Waals surface area contributed by atoms with Crippen molar-refractivity contribution in [3.8, 4) is 11.6 Å². The van der Waals surface area contributed by atoms with E-state index in [4.69, 9.17) is 21.0 Å². The molecule has 0 spiro atoms. The zero-order valence-electron chi connectivity index (χ0n) is 26.8. The van der Waals surface area contributed by atoms with Crippen molar-refractivity contribution >= 4 is 29.3 Å². The Hall–Kier alpha value is -4.00. The van der Waals surface area contributed by atoms with Crippen LogP contribution < -0.4 is 14.8 Å². The number of amides is 2. The van der Waals surface area contributed by atoms with Crippen LogP contribution >= 0.6 is 0 Å². The van der Waals surface area contributed by atoms with Crippen LogP contribution in [0.1, 0.15) is 76.5 Å². The van der Waals surface area contributed by atoms with Crippen LogP contribution in [0.25, 0.3) is 10.5 Å². The van der Waals surface area contributed by atoms with Gasteiger partial charge in [-0.25, -0.2) is 14.2 Å². The molecule has 4 rings (SSSR count). The van der Waals surface area contributed by atoms with E-state index in [1.165, 1.54) is 9.42 Å². The fourth-order valence-corrected chi connectivity index (χ4v) is 6.49. The van der Waals surface area contributed by atoms with Crippen molar-refractivity contribution in [3.63, 3.8) is 0 Å². The van der Waals surface area contributed by atoms with Gasteiger partial charge in [-0.1, -0.05) is 51.8 Å². The van der Waals surface area contributed by atoms with Gasteiger partial charge in [-0.2, -0.15) is 4.98 Å². The Morgan fingerprint density at radius 2 is 1.91 bits per heavy atom. The molecule has 10 nitrogen and oxygen atoms in total. The highest BCUT2D eigenvalue weighted by Gasteiger charge is 2.35. The lowest BCUT2D eigenvalue weighted by atomic mass is 9.67. The number of aromatic amines is 1. The molecule has 3 aromatic rings. The fraction of sp³-hybridized carbons (Fsp3) is 0.576. The molecule has 10 heteroatoms. The number of fused-ring (bicyclic) bond motifs is 1. The predicted molar refractivity (Wildman–Crippen MR) is 168 cm³/mol.